The van der Waals surface area contributed by atoms with Crippen molar-refractivity contribution in [3.05, 3.63) is 23.3 Å². The average molecular weight is 335 g/mol. The summed E-state index contributed by atoms with van der Waals surface area (Å²) < 4.78 is 63.0. The van der Waals surface area contributed by atoms with Crippen LogP contribution in [0.1, 0.15) is 30.9 Å². The summed E-state index contributed by atoms with van der Waals surface area (Å²) in [5.41, 5.74) is -1.33. The van der Waals surface area contributed by atoms with Gasteiger partial charge in [0.05, 0.1) is 5.56 Å². The molecule has 0 amide bonds. The summed E-state index contributed by atoms with van der Waals surface area (Å²) in [7, 11) is -4.67. The molecule has 7 nitrogen and oxygen atoms in total. The summed E-state index contributed by atoms with van der Waals surface area (Å²) in [6.45, 7) is 3.39. The van der Waals surface area contributed by atoms with Crippen LogP contribution in [0.3, 0.4) is 0 Å². The van der Waals surface area contributed by atoms with Gasteiger partial charge in [0.25, 0.3) is 0 Å². The van der Waals surface area contributed by atoms with Gasteiger partial charge in [0.1, 0.15) is 4.90 Å². The van der Waals surface area contributed by atoms with Crippen LogP contribution in [-0.4, -0.2) is 29.0 Å². The Bertz CT molecular complexity index is 785. The summed E-state index contributed by atoms with van der Waals surface area (Å²) in [5, 5.41) is 17.5. The summed E-state index contributed by atoms with van der Waals surface area (Å²) >= 11 is 0. The van der Waals surface area contributed by atoms with Crippen LogP contribution >= 0.6 is 0 Å². The van der Waals surface area contributed by atoms with E-state index in [2.05, 4.69) is 20.6 Å². The van der Waals surface area contributed by atoms with E-state index in [0.717, 1.165) is 0 Å². The number of rotatable bonds is 3. The van der Waals surface area contributed by atoms with Crippen molar-refractivity contribution in [3.8, 4) is 11.4 Å². The van der Waals surface area contributed by atoms with Crippen molar-refractivity contribution in [2.45, 2.75) is 30.8 Å². The zero-order valence-corrected chi connectivity index (χ0v) is 12.3. The Labute approximate surface area is 123 Å². The molecule has 3 N–H and O–H groups in total. The largest absolute Gasteiger partial charge is 0.417 e. The number of hydrogen-bond acceptors (Lipinski definition) is 5. The predicted molar refractivity (Wildman–Crippen MR) is 70.1 cm³/mol. The molecule has 2 aromatic rings. The molecular formula is C11H12F3N5O2S. The van der Waals surface area contributed by atoms with E-state index >= 15 is 0 Å². The first-order valence-corrected chi connectivity index (χ1v) is 7.58. The molecule has 0 radical (unpaired) electrons. The third-order valence-electron chi connectivity index (χ3n) is 2.97. The highest BCUT2D eigenvalue weighted by Crippen LogP contribution is 2.41. The molecule has 0 aliphatic carbocycles. The number of sulfonamides is 1. The first-order valence-electron chi connectivity index (χ1n) is 6.04. The lowest BCUT2D eigenvalue weighted by molar-refractivity contribution is -0.139. The van der Waals surface area contributed by atoms with E-state index in [9.17, 15) is 21.6 Å². The fourth-order valence-electron chi connectivity index (χ4n) is 2.10. The standard InChI is InChI=1S/C11H12F3N5O2S/c1-5(2)6-3-4-7(11(12,13)14)9(22(15,20)21)8(6)10-16-18-19-17-10/h3-5H,1-2H3,(H2,15,20,21)(H,16,17,18,19). The second-order valence-corrected chi connectivity index (χ2v) is 6.34. The Kier molecular flexibility index (Phi) is 3.96. The van der Waals surface area contributed by atoms with Gasteiger partial charge in [0.15, 0.2) is 0 Å². The molecule has 2 rings (SSSR count). The Morgan fingerprint density at radius 2 is 1.91 bits per heavy atom. The quantitative estimate of drug-likeness (QED) is 0.885. The number of hydrogen-bond donors (Lipinski definition) is 2. The van der Waals surface area contributed by atoms with E-state index in [-0.39, 0.29) is 17.3 Å². The Hall–Kier alpha value is -2.01. The third-order valence-corrected chi connectivity index (χ3v) is 3.96. The highest BCUT2D eigenvalue weighted by atomic mass is 32.2. The second-order valence-electron chi connectivity index (χ2n) is 4.84. The van der Waals surface area contributed by atoms with Crippen molar-refractivity contribution < 1.29 is 21.6 Å². The zero-order valence-electron chi connectivity index (χ0n) is 11.5. The molecule has 0 bridgehead atoms. The average Bonchev–Trinajstić information content (AvgIpc) is 2.88. The van der Waals surface area contributed by atoms with E-state index in [4.69, 9.17) is 5.14 Å². The van der Waals surface area contributed by atoms with Crippen LogP contribution in [0.5, 0.6) is 0 Å². The van der Waals surface area contributed by atoms with Crippen LogP contribution in [-0.2, 0) is 16.2 Å². The van der Waals surface area contributed by atoms with Crippen molar-refractivity contribution in [2.24, 2.45) is 5.14 Å². The number of primary sulfonamides is 1. The van der Waals surface area contributed by atoms with Gasteiger partial charge in [0.2, 0.25) is 15.8 Å². The summed E-state index contributed by atoms with van der Waals surface area (Å²) in [6.07, 6.45) is -4.89. The number of halogens is 3. The minimum Gasteiger partial charge on any atom is -0.225 e. The van der Waals surface area contributed by atoms with Gasteiger partial charge < -0.3 is 0 Å². The second kappa shape index (κ2) is 5.32. The molecular weight excluding hydrogens is 323 g/mol. The van der Waals surface area contributed by atoms with Gasteiger partial charge in [-0.1, -0.05) is 19.9 Å². The number of tetrazole rings is 1. The van der Waals surface area contributed by atoms with E-state index in [0.29, 0.717) is 11.6 Å². The minimum atomic E-state index is -4.89. The van der Waals surface area contributed by atoms with Crippen molar-refractivity contribution in [1.82, 2.24) is 20.6 Å². The van der Waals surface area contributed by atoms with Crippen molar-refractivity contribution >= 4 is 10.0 Å². The number of nitrogens with two attached hydrogens (primary N) is 1. The summed E-state index contributed by atoms with van der Waals surface area (Å²) in [6, 6.07) is 1.88. The van der Waals surface area contributed by atoms with E-state index < -0.39 is 26.7 Å². The molecule has 0 aliphatic rings. The summed E-state index contributed by atoms with van der Waals surface area (Å²) in [4.78, 5) is -1.05. The molecule has 0 unspecified atom stereocenters. The van der Waals surface area contributed by atoms with Gasteiger partial charge in [0, 0.05) is 5.56 Å². The fraction of sp³-hybridized carbons (Fsp3) is 0.364. The normalized spacial score (nSPS) is 12.9. The number of nitrogens with one attached hydrogen (secondary N) is 1. The molecule has 0 saturated heterocycles. The van der Waals surface area contributed by atoms with Crippen LogP contribution in [0, 0.1) is 0 Å². The lowest BCUT2D eigenvalue weighted by Crippen LogP contribution is -2.21. The molecule has 120 valence electrons. The predicted octanol–water partition coefficient (Wildman–Crippen LogP) is 1.66. The van der Waals surface area contributed by atoms with Gasteiger partial charge in [-0.3, -0.25) is 0 Å². The lowest BCUT2D eigenvalue weighted by Gasteiger charge is -2.18. The fourth-order valence-corrected chi connectivity index (χ4v) is 3.08. The molecule has 1 aromatic carbocycles. The van der Waals surface area contributed by atoms with Gasteiger partial charge >= 0.3 is 6.18 Å². The van der Waals surface area contributed by atoms with Gasteiger partial charge in [-0.25, -0.2) is 13.6 Å². The maximum absolute atomic E-state index is 13.1. The van der Waals surface area contributed by atoms with E-state index in [1.807, 2.05) is 0 Å². The highest BCUT2D eigenvalue weighted by molar-refractivity contribution is 7.89. The lowest BCUT2D eigenvalue weighted by atomic mass is 9.94. The van der Waals surface area contributed by atoms with Gasteiger partial charge in [-0.2, -0.15) is 18.4 Å². The minimum absolute atomic E-state index is 0.265. The zero-order chi connectivity index (χ0) is 16.7. The van der Waals surface area contributed by atoms with Crippen LogP contribution in [0.4, 0.5) is 13.2 Å². The maximum atomic E-state index is 13.1. The molecule has 11 heteroatoms. The molecule has 0 fully saturated rings. The molecule has 0 spiro atoms. The van der Waals surface area contributed by atoms with Crippen LogP contribution in [0.15, 0.2) is 17.0 Å². The van der Waals surface area contributed by atoms with E-state index in [1.165, 1.54) is 6.07 Å². The maximum Gasteiger partial charge on any atom is 0.417 e. The third kappa shape index (κ3) is 2.95. The molecule has 22 heavy (non-hydrogen) atoms. The molecule has 1 heterocycles. The van der Waals surface area contributed by atoms with Crippen molar-refractivity contribution in [2.75, 3.05) is 0 Å². The van der Waals surface area contributed by atoms with E-state index in [1.54, 1.807) is 13.8 Å². The first-order chi connectivity index (χ1) is 10.0. The molecule has 0 atom stereocenters. The van der Waals surface area contributed by atoms with Crippen LogP contribution < -0.4 is 5.14 Å². The first kappa shape index (κ1) is 16.4. The molecule has 1 aromatic heterocycles. The Morgan fingerprint density at radius 1 is 1.27 bits per heavy atom. The monoisotopic (exact) mass is 335 g/mol. The number of aromatic amines is 1. The Balaban J connectivity index is 2.99. The number of aromatic nitrogens is 4. The summed E-state index contributed by atoms with van der Waals surface area (Å²) in [5.74, 6) is -0.546. The topological polar surface area (TPSA) is 115 Å². The van der Waals surface area contributed by atoms with Gasteiger partial charge in [-0.15, -0.1) is 10.2 Å². The van der Waals surface area contributed by atoms with Crippen molar-refractivity contribution in [1.29, 1.82) is 0 Å². The Morgan fingerprint density at radius 3 is 2.32 bits per heavy atom. The van der Waals surface area contributed by atoms with Gasteiger partial charge in [-0.05, 0) is 22.8 Å². The molecule has 0 aliphatic heterocycles. The molecule has 0 saturated carbocycles. The number of alkyl halides is 3. The van der Waals surface area contributed by atoms with Crippen LogP contribution in [0.2, 0.25) is 0 Å². The SMILES string of the molecule is CC(C)c1ccc(C(F)(F)F)c(S(N)(=O)=O)c1-c1nn[nH]n1. The van der Waals surface area contributed by atoms with Crippen LogP contribution in [0.25, 0.3) is 11.4 Å². The highest BCUT2D eigenvalue weighted by Gasteiger charge is 2.39. The number of benzene rings is 1. The number of nitrogens with zero attached hydrogens (tertiary/aromatic N) is 3. The smallest absolute Gasteiger partial charge is 0.225 e. The number of H-pyrrole nitrogens is 1. The van der Waals surface area contributed by atoms with Crippen molar-refractivity contribution in [3.63, 3.8) is 0 Å².